The second-order valence-corrected chi connectivity index (χ2v) is 12.1. The van der Waals surface area contributed by atoms with Crippen molar-refractivity contribution in [2.24, 2.45) is 5.92 Å². The minimum atomic E-state index is -1.79. The van der Waals surface area contributed by atoms with Gasteiger partial charge < -0.3 is 26.0 Å². The van der Waals surface area contributed by atoms with Crippen molar-refractivity contribution in [2.45, 2.75) is 51.1 Å². The van der Waals surface area contributed by atoms with Crippen molar-refractivity contribution in [3.05, 3.63) is 120 Å². The molecule has 0 radical (unpaired) electrons. The van der Waals surface area contributed by atoms with E-state index in [9.17, 15) is 24.4 Å². The van der Waals surface area contributed by atoms with Gasteiger partial charge in [-0.1, -0.05) is 98.8 Å². The molecule has 0 spiro atoms. The number of rotatable bonds is 13. The van der Waals surface area contributed by atoms with Crippen molar-refractivity contribution in [3.8, 4) is 0 Å². The number of amides is 3. The van der Waals surface area contributed by atoms with Gasteiger partial charge in [0.1, 0.15) is 17.8 Å². The van der Waals surface area contributed by atoms with E-state index >= 15 is 0 Å². The number of benzene rings is 4. The molecule has 0 aliphatic rings. The highest BCUT2D eigenvalue weighted by Crippen LogP contribution is 2.19. The molecule has 47 heavy (non-hydrogen) atoms. The van der Waals surface area contributed by atoms with Gasteiger partial charge in [0.25, 0.3) is 5.91 Å². The van der Waals surface area contributed by atoms with Gasteiger partial charge in [0.15, 0.2) is 0 Å². The fraction of sp³-hybridized carbons (Fsp3) is 0.250. The summed E-state index contributed by atoms with van der Waals surface area (Å²) in [6.07, 6.45) is 4.73. The molecule has 3 atom stereocenters. The van der Waals surface area contributed by atoms with Crippen LogP contribution in [0.15, 0.2) is 104 Å². The third kappa shape index (κ3) is 8.99. The monoisotopic (exact) mass is 631 g/mol. The minimum Gasteiger partial charge on any atom is -0.426 e. The summed E-state index contributed by atoms with van der Waals surface area (Å²) in [5, 5.41) is 32.4. The first-order chi connectivity index (χ1) is 22.7. The first kappa shape index (κ1) is 33.2. The van der Waals surface area contributed by atoms with Gasteiger partial charge in [-0.15, -0.1) is 0 Å². The van der Waals surface area contributed by atoms with Gasteiger partial charge in [-0.25, -0.2) is 4.98 Å². The van der Waals surface area contributed by atoms with Crippen LogP contribution >= 0.6 is 0 Å². The predicted octanol–water partition coefficient (Wildman–Crippen LogP) is 3.39. The van der Waals surface area contributed by atoms with Crippen molar-refractivity contribution in [1.82, 2.24) is 25.9 Å². The summed E-state index contributed by atoms with van der Waals surface area (Å²) in [7, 11) is -1.79. The quantitative estimate of drug-likeness (QED) is 0.125. The van der Waals surface area contributed by atoms with Crippen LogP contribution < -0.4 is 16.0 Å². The normalized spacial score (nSPS) is 13.1. The molecule has 0 aliphatic carbocycles. The molecular formula is C36H38BN5O5. The van der Waals surface area contributed by atoms with Crippen molar-refractivity contribution in [2.75, 3.05) is 0 Å². The summed E-state index contributed by atoms with van der Waals surface area (Å²) < 4.78 is 0. The zero-order valence-electron chi connectivity index (χ0n) is 26.3. The van der Waals surface area contributed by atoms with Crippen LogP contribution in [0.5, 0.6) is 0 Å². The van der Waals surface area contributed by atoms with Crippen molar-refractivity contribution < 1.29 is 24.4 Å². The summed E-state index contributed by atoms with van der Waals surface area (Å²) in [6, 6.07) is 25.1. The maximum Gasteiger partial charge on any atom is 0.475 e. The average Bonchev–Trinajstić information content (AvgIpc) is 3.07. The minimum absolute atomic E-state index is 0.0442. The van der Waals surface area contributed by atoms with Crippen LogP contribution in [-0.2, 0) is 22.4 Å². The second kappa shape index (κ2) is 15.4. The van der Waals surface area contributed by atoms with E-state index in [2.05, 4.69) is 25.9 Å². The molecule has 0 saturated heterocycles. The van der Waals surface area contributed by atoms with Crippen LogP contribution in [0.4, 0.5) is 0 Å². The fourth-order valence-electron chi connectivity index (χ4n) is 5.59. The highest BCUT2D eigenvalue weighted by atomic mass is 16.4. The Morgan fingerprint density at radius 2 is 1.23 bits per heavy atom. The van der Waals surface area contributed by atoms with E-state index < -0.39 is 42.9 Å². The molecule has 0 bridgehead atoms. The lowest BCUT2D eigenvalue weighted by molar-refractivity contribution is -0.130. The number of carbonyl (C=O) groups is 3. The molecular weight excluding hydrogens is 593 g/mol. The van der Waals surface area contributed by atoms with Crippen molar-refractivity contribution >= 4 is 46.4 Å². The molecule has 4 aromatic carbocycles. The topological polar surface area (TPSA) is 154 Å². The van der Waals surface area contributed by atoms with Crippen molar-refractivity contribution in [1.29, 1.82) is 0 Å². The zero-order valence-corrected chi connectivity index (χ0v) is 26.3. The third-order valence-corrected chi connectivity index (χ3v) is 7.97. The Morgan fingerprint density at radius 3 is 1.74 bits per heavy atom. The highest BCUT2D eigenvalue weighted by Gasteiger charge is 2.32. The zero-order chi connectivity index (χ0) is 33.3. The van der Waals surface area contributed by atoms with E-state index in [1.54, 1.807) is 0 Å². The molecule has 0 aliphatic heterocycles. The summed E-state index contributed by atoms with van der Waals surface area (Å²) >= 11 is 0. The Morgan fingerprint density at radius 1 is 0.702 bits per heavy atom. The lowest BCUT2D eigenvalue weighted by Crippen LogP contribution is -2.58. The van der Waals surface area contributed by atoms with Gasteiger partial charge in [0.2, 0.25) is 11.8 Å². The Labute approximate surface area is 273 Å². The number of carbonyl (C=O) groups excluding carboxylic acids is 3. The number of hydrogen-bond donors (Lipinski definition) is 5. The third-order valence-electron chi connectivity index (χ3n) is 7.97. The fourth-order valence-corrected chi connectivity index (χ4v) is 5.59. The lowest BCUT2D eigenvalue weighted by atomic mass is 9.75. The maximum absolute atomic E-state index is 14.1. The van der Waals surface area contributed by atoms with Crippen LogP contribution in [0.2, 0.25) is 0 Å². The van der Waals surface area contributed by atoms with Crippen LogP contribution in [0.3, 0.4) is 0 Å². The predicted molar refractivity (Wildman–Crippen MR) is 182 cm³/mol. The van der Waals surface area contributed by atoms with Crippen LogP contribution in [0.25, 0.3) is 21.5 Å². The second-order valence-electron chi connectivity index (χ2n) is 12.1. The van der Waals surface area contributed by atoms with Crippen LogP contribution in [0, 0.1) is 5.92 Å². The Bertz CT molecular complexity index is 1850. The van der Waals surface area contributed by atoms with Gasteiger partial charge in [0, 0.05) is 25.2 Å². The van der Waals surface area contributed by atoms with Crippen molar-refractivity contribution in [3.63, 3.8) is 0 Å². The average molecular weight is 632 g/mol. The lowest BCUT2D eigenvalue weighted by Gasteiger charge is -2.26. The van der Waals surface area contributed by atoms with E-state index in [0.717, 1.165) is 32.7 Å². The molecule has 3 amide bonds. The summed E-state index contributed by atoms with van der Waals surface area (Å²) in [5.74, 6) is -2.62. The Balaban J connectivity index is 1.44. The maximum atomic E-state index is 14.1. The number of nitrogens with zero attached hydrogens (tertiary/aromatic N) is 2. The molecule has 5 aromatic rings. The van der Waals surface area contributed by atoms with E-state index in [1.165, 1.54) is 18.6 Å². The molecule has 10 nitrogen and oxygen atoms in total. The van der Waals surface area contributed by atoms with E-state index in [1.807, 2.05) is 98.8 Å². The summed E-state index contributed by atoms with van der Waals surface area (Å²) in [6.45, 7) is 3.82. The Hall–Kier alpha value is -5.13. The van der Waals surface area contributed by atoms with Crippen LogP contribution in [0.1, 0.15) is 41.9 Å². The smallest absolute Gasteiger partial charge is 0.426 e. The standard InChI is InChI=1S/C36H38BN5O5/c1-23(2)17-33(37(46)47)42-35(44)31(21-25-12-14-27-8-4-6-10-29(27)19-25)40-34(43)30(41-36(45)32-22-38-15-16-39-32)20-24-11-13-26-7-3-5-9-28(26)18-24/h3-16,18-19,22-23,30-31,33,46-47H,17,20-21H2,1-2H3,(H,40,43)(H,41,45)(H,42,44)/t30-,31-,33?/m0/s1. The molecule has 0 fully saturated rings. The number of fused-ring (bicyclic) bond motifs is 2. The van der Waals surface area contributed by atoms with Gasteiger partial charge in [-0.05, 0) is 45.0 Å². The van der Waals surface area contributed by atoms with Gasteiger partial charge >= 0.3 is 7.12 Å². The first-order valence-corrected chi connectivity index (χ1v) is 15.7. The molecule has 5 N–H and O–H groups in total. The van der Waals surface area contributed by atoms with Gasteiger partial charge in [0.05, 0.1) is 12.1 Å². The molecule has 0 saturated carbocycles. The largest absolute Gasteiger partial charge is 0.475 e. The molecule has 1 unspecified atom stereocenters. The first-order valence-electron chi connectivity index (χ1n) is 15.7. The SMILES string of the molecule is CC(C)CC(NC(=O)[C@H](Cc1ccc2ccccc2c1)NC(=O)[C@H](Cc1ccc2ccccc2c1)NC(=O)c1cnccn1)B(O)O. The molecule has 1 heterocycles. The van der Waals surface area contributed by atoms with E-state index in [-0.39, 0.29) is 24.5 Å². The molecule has 11 heteroatoms. The van der Waals surface area contributed by atoms with Gasteiger partial charge in [-0.3, -0.25) is 19.4 Å². The number of nitrogens with one attached hydrogen (secondary N) is 3. The highest BCUT2D eigenvalue weighted by molar-refractivity contribution is 6.43. The van der Waals surface area contributed by atoms with E-state index in [0.29, 0.717) is 6.42 Å². The Kier molecular flexibility index (Phi) is 10.9. The molecule has 5 rings (SSSR count). The molecule has 240 valence electrons. The van der Waals surface area contributed by atoms with E-state index in [4.69, 9.17) is 0 Å². The van der Waals surface area contributed by atoms with Gasteiger partial charge in [-0.2, -0.15) is 0 Å². The molecule has 1 aromatic heterocycles. The number of hydrogen-bond acceptors (Lipinski definition) is 7. The summed E-state index contributed by atoms with van der Waals surface area (Å²) in [4.78, 5) is 49.0. The summed E-state index contributed by atoms with van der Waals surface area (Å²) in [5.41, 5.74) is 1.64. The van der Waals surface area contributed by atoms with Crippen LogP contribution in [-0.4, -0.2) is 62.9 Å². The number of aromatic nitrogens is 2.